The van der Waals surface area contributed by atoms with Gasteiger partial charge in [0.05, 0.1) is 0 Å². The number of nitrogens with two attached hydrogens (primary N) is 1. The van der Waals surface area contributed by atoms with E-state index in [0.717, 1.165) is 15.8 Å². The monoisotopic (exact) mass is 278 g/mol. The maximum Gasteiger partial charge on any atom is 0.123 e. The van der Waals surface area contributed by atoms with Crippen molar-refractivity contribution in [2.75, 3.05) is 5.73 Å². The highest BCUT2D eigenvalue weighted by molar-refractivity contribution is 9.10. The highest BCUT2D eigenvalue weighted by atomic mass is 79.9. The average Bonchev–Trinajstić information content (AvgIpc) is 2.28. The van der Waals surface area contributed by atoms with Crippen molar-refractivity contribution in [1.82, 2.24) is 4.98 Å². The van der Waals surface area contributed by atoms with Gasteiger partial charge in [-0.15, -0.1) is 0 Å². The van der Waals surface area contributed by atoms with Crippen LogP contribution in [0.4, 0.5) is 5.82 Å². The molecular formula is C12H11BrN2O. The number of nitrogens with zero attached hydrogens (tertiary/aromatic N) is 1. The second kappa shape index (κ2) is 4.99. The van der Waals surface area contributed by atoms with Gasteiger partial charge < -0.3 is 10.5 Å². The van der Waals surface area contributed by atoms with Crippen molar-refractivity contribution >= 4 is 21.7 Å². The fourth-order valence-electron chi connectivity index (χ4n) is 1.24. The van der Waals surface area contributed by atoms with E-state index in [9.17, 15) is 0 Å². The van der Waals surface area contributed by atoms with E-state index < -0.39 is 0 Å². The first kappa shape index (κ1) is 11.0. The van der Waals surface area contributed by atoms with Crippen LogP contribution in [-0.2, 0) is 6.61 Å². The van der Waals surface area contributed by atoms with Crippen molar-refractivity contribution in [3.63, 3.8) is 0 Å². The Morgan fingerprint density at radius 3 is 2.81 bits per heavy atom. The number of nitrogen functional groups attached to an aromatic ring is 1. The van der Waals surface area contributed by atoms with Gasteiger partial charge in [0.25, 0.3) is 0 Å². The molecule has 0 bridgehead atoms. The third kappa shape index (κ3) is 2.97. The molecule has 0 aliphatic carbocycles. The molecule has 1 aromatic heterocycles. The Hall–Kier alpha value is -1.55. The summed E-state index contributed by atoms with van der Waals surface area (Å²) >= 11 is 3.39. The molecule has 82 valence electrons. The Labute approximate surface area is 102 Å². The SMILES string of the molecule is Nc1ccc(COc2cccc(Br)c2)cn1. The number of pyridine rings is 1. The van der Waals surface area contributed by atoms with Crippen LogP contribution in [0.15, 0.2) is 47.1 Å². The molecule has 2 rings (SSSR count). The van der Waals surface area contributed by atoms with Gasteiger partial charge in [-0.25, -0.2) is 4.98 Å². The number of ether oxygens (including phenoxy) is 1. The molecule has 0 radical (unpaired) electrons. The van der Waals surface area contributed by atoms with Crippen LogP contribution in [0, 0.1) is 0 Å². The van der Waals surface area contributed by atoms with Gasteiger partial charge in [-0.2, -0.15) is 0 Å². The fraction of sp³-hybridized carbons (Fsp3) is 0.0833. The first-order chi connectivity index (χ1) is 7.74. The van der Waals surface area contributed by atoms with Crippen LogP contribution in [0.2, 0.25) is 0 Å². The molecule has 1 aromatic carbocycles. The van der Waals surface area contributed by atoms with E-state index >= 15 is 0 Å². The van der Waals surface area contributed by atoms with Gasteiger partial charge in [-0.05, 0) is 24.3 Å². The molecule has 16 heavy (non-hydrogen) atoms. The largest absolute Gasteiger partial charge is 0.489 e. The van der Waals surface area contributed by atoms with Crippen LogP contribution in [0.5, 0.6) is 5.75 Å². The summed E-state index contributed by atoms with van der Waals surface area (Å²) in [5.74, 6) is 1.34. The summed E-state index contributed by atoms with van der Waals surface area (Å²) in [6, 6.07) is 11.4. The summed E-state index contributed by atoms with van der Waals surface area (Å²) in [5.41, 5.74) is 6.49. The smallest absolute Gasteiger partial charge is 0.123 e. The molecule has 0 saturated heterocycles. The molecule has 0 fully saturated rings. The second-order valence-corrected chi connectivity index (χ2v) is 4.25. The molecule has 0 spiro atoms. The van der Waals surface area contributed by atoms with Crippen LogP contribution in [0.1, 0.15) is 5.56 Å². The number of halogens is 1. The number of anilines is 1. The number of rotatable bonds is 3. The second-order valence-electron chi connectivity index (χ2n) is 3.34. The number of hydrogen-bond acceptors (Lipinski definition) is 3. The predicted molar refractivity (Wildman–Crippen MR) is 67.1 cm³/mol. The van der Waals surface area contributed by atoms with Crippen molar-refractivity contribution in [1.29, 1.82) is 0 Å². The zero-order chi connectivity index (χ0) is 11.4. The van der Waals surface area contributed by atoms with Gasteiger partial charge in [-0.1, -0.05) is 28.1 Å². The summed E-state index contributed by atoms with van der Waals surface area (Å²) in [6.45, 7) is 0.490. The van der Waals surface area contributed by atoms with E-state index in [0.29, 0.717) is 12.4 Å². The summed E-state index contributed by atoms with van der Waals surface area (Å²) in [6.07, 6.45) is 1.72. The summed E-state index contributed by atoms with van der Waals surface area (Å²) < 4.78 is 6.60. The fourth-order valence-corrected chi connectivity index (χ4v) is 1.62. The molecule has 2 aromatic rings. The Morgan fingerprint density at radius 1 is 1.25 bits per heavy atom. The molecule has 0 saturated carbocycles. The van der Waals surface area contributed by atoms with E-state index in [2.05, 4.69) is 20.9 Å². The maximum absolute atomic E-state index is 5.60. The summed E-state index contributed by atoms with van der Waals surface area (Å²) in [4.78, 5) is 4.00. The van der Waals surface area contributed by atoms with Crippen LogP contribution in [0.25, 0.3) is 0 Å². The Balaban J connectivity index is 1.99. The molecule has 4 heteroatoms. The minimum Gasteiger partial charge on any atom is -0.489 e. The Bertz CT molecular complexity index is 471. The lowest BCUT2D eigenvalue weighted by atomic mass is 10.3. The van der Waals surface area contributed by atoms with Gasteiger partial charge in [0.1, 0.15) is 18.2 Å². The number of hydrogen-bond donors (Lipinski definition) is 1. The Morgan fingerprint density at radius 2 is 2.12 bits per heavy atom. The molecule has 2 N–H and O–H groups in total. The zero-order valence-electron chi connectivity index (χ0n) is 8.56. The highest BCUT2D eigenvalue weighted by Crippen LogP contribution is 2.18. The van der Waals surface area contributed by atoms with E-state index in [4.69, 9.17) is 10.5 Å². The maximum atomic E-state index is 5.60. The first-order valence-electron chi connectivity index (χ1n) is 4.83. The van der Waals surface area contributed by atoms with Crippen LogP contribution in [-0.4, -0.2) is 4.98 Å². The average molecular weight is 279 g/mol. The van der Waals surface area contributed by atoms with Crippen LogP contribution >= 0.6 is 15.9 Å². The minimum atomic E-state index is 0.490. The number of aromatic nitrogens is 1. The topological polar surface area (TPSA) is 48.1 Å². The molecule has 0 aliphatic rings. The third-order valence-electron chi connectivity index (χ3n) is 2.05. The van der Waals surface area contributed by atoms with Crippen LogP contribution < -0.4 is 10.5 Å². The lowest BCUT2D eigenvalue weighted by Gasteiger charge is -2.06. The summed E-state index contributed by atoms with van der Waals surface area (Å²) in [5, 5.41) is 0. The number of benzene rings is 1. The molecule has 0 atom stereocenters. The zero-order valence-corrected chi connectivity index (χ0v) is 10.1. The third-order valence-corrected chi connectivity index (χ3v) is 2.54. The van der Waals surface area contributed by atoms with Crippen LogP contribution in [0.3, 0.4) is 0 Å². The lowest BCUT2D eigenvalue weighted by molar-refractivity contribution is 0.305. The molecule has 1 heterocycles. The standard InChI is InChI=1S/C12H11BrN2O/c13-10-2-1-3-11(6-10)16-8-9-4-5-12(14)15-7-9/h1-7H,8H2,(H2,14,15). The van der Waals surface area contributed by atoms with E-state index in [1.165, 1.54) is 0 Å². The van der Waals surface area contributed by atoms with Crippen molar-refractivity contribution < 1.29 is 4.74 Å². The van der Waals surface area contributed by atoms with Gasteiger partial charge in [0.15, 0.2) is 0 Å². The molecule has 0 aliphatic heterocycles. The van der Waals surface area contributed by atoms with Crippen molar-refractivity contribution in [2.45, 2.75) is 6.61 Å². The van der Waals surface area contributed by atoms with E-state index in [1.807, 2.05) is 30.3 Å². The predicted octanol–water partition coefficient (Wildman–Crippen LogP) is 3.01. The van der Waals surface area contributed by atoms with Crippen molar-refractivity contribution in [3.05, 3.63) is 52.6 Å². The van der Waals surface area contributed by atoms with E-state index in [1.54, 1.807) is 12.3 Å². The molecular weight excluding hydrogens is 268 g/mol. The lowest BCUT2D eigenvalue weighted by Crippen LogP contribution is -1.97. The normalized spacial score (nSPS) is 10.1. The highest BCUT2D eigenvalue weighted by Gasteiger charge is 1.97. The molecule has 0 unspecified atom stereocenters. The summed E-state index contributed by atoms with van der Waals surface area (Å²) in [7, 11) is 0. The van der Waals surface area contributed by atoms with Gasteiger partial charge in [0.2, 0.25) is 0 Å². The molecule has 3 nitrogen and oxygen atoms in total. The van der Waals surface area contributed by atoms with Crippen molar-refractivity contribution in [3.8, 4) is 5.75 Å². The van der Waals surface area contributed by atoms with Crippen molar-refractivity contribution in [2.24, 2.45) is 0 Å². The van der Waals surface area contributed by atoms with Gasteiger partial charge >= 0.3 is 0 Å². The van der Waals surface area contributed by atoms with E-state index in [-0.39, 0.29) is 0 Å². The van der Waals surface area contributed by atoms with Gasteiger partial charge in [-0.3, -0.25) is 0 Å². The first-order valence-corrected chi connectivity index (χ1v) is 5.62. The molecule has 0 amide bonds. The van der Waals surface area contributed by atoms with Gasteiger partial charge in [0, 0.05) is 16.2 Å². The Kier molecular flexibility index (Phi) is 3.41. The quantitative estimate of drug-likeness (QED) is 0.939. The minimum absolute atomic E-state index is 0.490.